The number of rotatable bonds is 1. The lowest BCUT2D eigenvalue weighted by molar-refractivity contribution is 0.0893. The Morgan fingerprint density at radius 3 is 2.30 bits per heavy atom. The lowest BCUT2D eigenvalue weighted by Crippen LogP contribution is -2.40. The van der Waals surface area contributed by atoms with Gasteiger partial charge in [-0.2, -0.15) is 0 Å². The SMILES string of the molecule is Cc1ccc(N2C(=O)c3cccc4cc(O)cc(c34)C2=O)cc1. The summed E-state index contributed by atoms with van der Waals surface area (Å²) in [5, 5.41) is 11.2. The monoisotopic (exact) mass is 303 g/mol. The van der Waals surface area contributed by atoms with E-state index in [4.69, 9.17) is 0 Å². The number of carbonyl (C=O) groups excluding carboxylic acids is 2. The predicted octanol–water partition coefficient (Wildman–Crippen LogP) is 3.65. The number of phenols is 1. The Morgan fingerprint density at radius 1 is 0.870 bits per heavy atom. The van der Waals surface area contributed by atoms with Gasteiger partial charge in [0.15, 0.2) is 0 Å². The number of phenolic OH excluding ortho intramolecular Hbond substituents is 1. The van der Waals surface area contributed by atoms with Gasteiger partial charge in [0.1, 0.15) is 5.75 Å². The van der Waals surface area contributed by atoms with Crippen molar-refractivity contribution in [1.82, 2.24) is 0 Å². The minimum absolute atomic E-state index is 0.0104. The summed E-state index contributed by atoms with van der Waals surface area (Å²) < 4.78 is 0. The quantitative estimate of drug-likeness (QED) is 0.698. The molecule has 4 nitrogen and oxygen atoms in total. The summed E-state index contributed by atoms with van der Waals surface area (Å²) in [6, 6.07) is 15.4. The van der Waals surface area contributed by atoms with E-state index in [0.29, 0.717) is 27.6 Å². The lowest BCUT2D eigenvalue weighted by atomic mass is 9.93. The van der Waals surface area contributed by atoms with E-state index in [1.807, 2.05) is 19.1 Å². The molecule has 1 aliphatic rings. The van der Waals surface area contributed by atoms with E-state index in [-0.39, 0.29) is 11.7 Å². The molecule has 112 valence electrons. The van der Waals surface area contributed by atoms with E-state index in [2.05, 4.69) is 0 Å². The molecule has 0 aromatic heterocycles. The number of amides is 2. The van der Waals surface area contributed by atoms with Gasteiger partial charge >= 0.3 is 0 Å². The molecule has 0 saturated heterocycles. The normalized spacial score (nSPS) is 13.7. The molecule has 0 bridgehead atoms. The Kier molecular flexibility index (Phi) is 2.75. The number of anilines is 1. The maximum absolute atomic E-state index is 12.8. The largest absolute Gasteiger partial charge is 0.508 e. The molecule has 0 unspecified atom stereocenters. The molecule has 0 fully saturated rings. The number of hydrogen-bond acceptors (Lipinski definition) is 3. The van der Waals surface area contributed by atoms with Crippen LogP contribution in [0.2, 0.25) is 0 Å². The van der Waals surface area contributed by atoms with Crippen molar-refractivity contribution in [2.45, 2.75) is 6.92 Å². The highest BCUT2D eigenvalue weighted by Crippen LogP contribution is 2.35. The fraction of sp³-hybridized carbons (Fsp3) is 0.0526. The van der Waals surface area contributed by atoms with Crippen molar-refractivity contribution in [3.05, 3.63) is 71.3 Å². The molecule has 23 heavy (non-hydrogen) atoms. The Hall–Kier alpha value is -3.14. The highest BCUT2D eigenvalue weighted by molar-refractivity contribution is 6.35. The van der Waals surface area contributed by atoms with Gasteiger partial charge in [0.2, 0.25) is 0 Å². The van der Waals surface area contributed by atoms with Gasteiger partial charge in [0.05, 0.1) is 11.3 Å². The molecule has 4 rings (SSSR count). The first kappa shape index (κ1) is 13.5. The lowest BCUT2D eigenvalue weighted by Gasteiger charge is -2.27. The van der Waals surface area contributed by atoms with Crippen LogP contribution in [0.4, 0.5) is 5.69 Å². The number of imide groups is 1. The fourth-order valence-electron chi connectivity index (χ4n) is 3.02. The second-order valence-corrected chi connectivity index (χ2v) is 5.68. The molecule has 0 saturated carbocycles. The van der Waals surface area contributed by atoms with Crippen molar-refractivity contribution in [1.29, 1.82) is 0 Å². The van der Waals surface area contributed by atoms with Crippen molar-refractivity contribution in [3.8, 4) is 5.75 Å². The first-order valence-electron chi connectivity index (χ1n) is 7.27. The molecule has 0 atom stereocenters. The molecule has 2 amide bonds. The van der Waals surface area contributed by atoms with Crippen molar-refractivity contribution in [2.75, 3.05) is 4.90 Å². The Morgan fingerprint density at radius 2 is 1.57 bits per heavy atom. The van der Waals surface area contributed by atoms with Crippen LogP contribution in [0.1, 0.15) is 26.3 Å². The standard InChI is InChI=1S/C19H13NO3/c1-11-5-7-13(8-6-11)20-18(22)15-4-2-3-12-9-14(21)10-16(17(12)15)19(20)23/h2-10,21H,1H3. The third-order valence-corrected chi connectivity index (χ3v) is 4.12. The molecule has 3 aromatic carbocycles. The van der Waals surface area contributed by atoms with Crippen LogP contribution in [-0.4, -0.2) is 16.9 Å². The van der Waals surface area contributed by atoms with Gasteiger partial charge in [-0.3, -0.25) is 9.59 Å². The molecule has 1 aliphatic heterocycles. The van der Waals surface area contributed by atoms with E-state index in [1.54, 1.807) is 36.4 Å². The van der Waals surface area contributed by atoms with Gasteiger partial charge in [-0.05, 0) is 42.6 Å². The maximum atomic E-state index is 12.8. The van der Waals surface area contributed by atoms with E-state index in [9.17, 15) is 14.7 Å². The van der Waals surface area contributed by atoms with E-state index in [1.165, 1.54) is 6.07 Å². The molecule has 0 spiro atoms. The van der Waals surface area contributed by atoms with Crippen LogP contribution in [0, 0.1) is 6.92 Å². The van der Waals surface area contributed by atoms with Crippen LogP contribution in [0.15, 0.2) is 54.6 Å². The molecule has 0 radical (unpaired) electrons. The summed E-state index contributed by atoms with van der Waals surface area (Å²) in [6.07, 6.45) is 0. The molecule has 4 heteroatoms. The smallest absolute Gasteiger partial charge is 0.266 e. The summed E-state index contributed by atoms with van der Waals surface area (Å²) in [7, 11) is 0. The van der Waals surface area contributed by atoms with Crippen molar-refractivity contribution >= 4 is 28.3 Å². The van der Waals surface area contributed by atoms with Gasteiger partial charge in [0, 0.05) is 10.9 Å². The molecule has 1 N–H and O–H groups in total. The van der Waals surface area contributed by atoms with Crippen LogP contribution in [0.5, 0.6) is 5.75 Å². The van der Waals surface area contributed by atoms with Crippen LogP contribution >= 0.6 is 0 Å². The number of benzene rings is 3. The second-order valence-electron chi connectivity index (χ2n) is 5.68. The van der Waals surface area contributed by atoms with Gasteiger partial charge < -0.3 is 5.11 Å². The number of aromatic hydroxyl groups is 1. The zero-order valence-electron chi connectivity index (χ0n) is 12.4. The van der Waals surface area contributed by atoms with E-state index < -0.39 is 5.91 Å². The molecule has 1 heterocycles. The Balaban J connectivity index is 1.99. The third-order valence-electron chi connectivity index (χ3n) is 4.12. The van der Waals surface area contributed by atoms with Crippen molar-refractivity contribution < 1.29 is 14.7 Å². The van der Waals surface area contributed by atoms with E-state index >= 15 is 0 Å². The molecular weight excluding hydrogens is 290 g/mol. The maximum Gasteiger partial charge on any atom is 0.266 e. The second kappa shape index (κ2) is 4.68. The Bertz CT molecular complexity index is 974. The summed E-state index contributed by atoms with van der Waals surface area (Å²) in [6.45, 7) is 1.94. The number of aryl methyl sites for hydroxylation is 1. The first-order chi connectivity index (χ1) is 11.1. The number of hydrogen-bond donors (Lipinski definition) is 1. The average molecular weight is 303 g/mol. The zero-order valence-corrected chi connectivity index (χ0v) is 12.4. The minimum Gasteiger partial charge on any atom is -0.508 e. The predicted molar refractivity (Wildman–Crippen MR) is 87.9 cm³/mol. The highest BCUT2D eigenvalue weighted by Gasteiger charge is 2.34. The fourth-order valence-corrected chi connectivity index (χ4v) is 3.02. The van der Waals surface area contributed by atoms with Crippen molar-refractivity contribution in [3.63, 3.8) is 0 Å². The zero-order chi connectivity index (χ0) is 16.1. The number of carbonyl (C=O) groups is 2. The van der Waals surface area contributed by atoms with E-state index in [0.717, 1.165) is 10.5 Å². The molecule has 3 aromatic rings. The van der Waals surface area contributed by atoms with Gasteiger partial charge in [-0.1, -0.05) is 29.8 Å². The number of nitrogens with zero attached hydrogens (tertiary/aromatic N) is 1. The Labute approximate surface area is 132 Å². The summed E-state index contributed by atoms with van der Waals surface area (Å²) in [4.78, 5) is 26.8. The van der Waals surface area contributed by atoms with Gasteiger partial charge in [0.25, 0.3) is 11.8 Å². The summed E-state index contributed by atoms with van der Waals surface area (Å²) in [5.74, 6) is -0.752. The topological polar surface area (TPSA) is 57.6 Å². The van der Waals surface area contributed by atoms with Crippen LogP contribution in [0.25, 0.3) is 10.8 Å². The average Bonchev–Trinajstić information content (AvgIpc) is 2.54. The first-order valence-corrected chi connectivity index (χ1v) is 7.27. The molecule has 0 aliphatic carbocycles. The summed E-state index contributed by atoms with van der Waals surface area (Å²) in [5.41, 5.74) is 2.39. The van der Waals surface area contributed by atoms with Gasteiger partial charge in [-0.25, -0.2) is 4.90 Å². The minimum atomic E-state index is -0.418. The third kappa shape index (κ3) is 1.92. The van der Waals surface area contributed by atoms with Crippen LogP contribution in [-0.2, 0) is 0 Å². The van der Waals surface area contributed by atoms with Crippen LogP contribution in [0.3, 0.4) is 0 Å². The molecular formula is C19H13NO3. The summed E-state index contributed by atoms with van der Waals surface area (Å²) >= 11 is 0. The van der Waals surface area contributed by atoms with Gasteiger partial charge in [-0.15, -0.1) is 0 Å². The van der Waals surface area contributed by atoms with Crippen molar-refractivity contribution in [2.24, 2.45) is 0 Å². The highest BCUT2D eigenvalue weighted by atomic mass is 16.3. The van der Waals surface area contributed by atoms with Crippen LogP contribution < -0.4 is 4.90 Å².